The lowest BCUT2D eigenvalue weighted by atomic mass is 9.35. The Kier molecular flexibility index (Phi) is 10.5. The number of aliphatic carboxylic acids is 1. The summed E-state index contributed by atoms with van der Waals surface area (Å²) < 4.78 is 9.68. The number of fused-ring (bicyclic) bond motifs is 3. The molecule has 1 spiro atoms. The predicted molar refractivity (Wildman–Crippen MR) is 239 cm³/mol. The summed E-state index contributed by atoms with van der Waals surface area (Å²) in [6.45, 7) is 11.7. The Bertz CT molecular complexity index is 2720. The lowest BCUT2D eigenvalue weighted by molar-refractivity contribution is -0.227. The molecule has 0 saturated heterocycles. The van der Waals surface area contributed by atoms with Crippen molar-refractivity contribution in [2.24, 2.45) is 21.7 Å². The van der Waals surface area contributed by atoms with Crippen LogP contribution in [0.3, 0.4) is 0 Å². The minimum absolute atomic E-state index is 0.000685. The molecule has 4 heterocycles. The number of anilines is 1. The first-order valence-corrected chi connectivity index (χ1v) is 22.3. The fourth-order valence-corrected chi connectivity index (χ4v) is 13.0. The number of carbonyl (C=O) groups excluding carboxylic acids is 1. The highest BCUT2D eigenvalue weighted by molar-refractivity contribution is 7.22. The summed E-state index contributed by atoms with van der Waals surface area (Å²) >= 11 is 1.40. The van der Waals surface area contributed by atoms with E-state index in [2.05, 4.69) is 40.7 Å². The molecule has 322 valence electrons. The van der Waals surface area contributed by atoms with Crippen LogP contribution in [0.4, 0.5) is 5.13 Å². The van der Waals surface area contributed by atoms with E-state index in [0.717, 1.165) is 60.1 Å². The normalized spacial score (nSPS) is 25.2. The minimum Gasteiger partial charge on any atom is -0.481 e. The molecule has 1 amide bonds. The largest absolute Gasteiger partial charge is 0.481 e. The second-order valence-electron chi connectivity index (χ2n) is 18.7. The number of aromatic carboxylic acids is 1. The number of nitrogens with zero attached hydrogens (tertiary/aromatic N) is 6. The summed E-state index contributed by atoms with van der Waals surface area (Å²) in [5.74, 6) is -2.25. The van der Waals surface area contributed by atoms with Gasteiger partial charge in [-0.15, -0.1) is 0 Å². The standard InChI is InChI=1S/C48H53N7O6S/c1-6-47(27-46(4)25-45(3)22-31(23-48(46,47)26-45)61-20-19-54(5)18-16-40(56)57)28-55-29(2)35(24-50-55)32-12-14-36(51-41(32)43(59)60)30-11-13-37-34(21-30)33(15-17-49-37)42(58)53-44-52-38-9-7-8-10-39(38)62-44/h7-15,17,21,24,31H,6,16,18-20,22-23,25-28H2,1-5H3,(H,56,57)(H,59,60)(H,52,53,58). The Morgan fingerprint density at radius 1 is 0.968 bits per heavy atom. The second kappa shape index (κ2) is 15.7. The van der Waals surface area contributed by atoms with Crippen LogP contribution < -0.4 is 5.32 Å². The summed E-state index contributed by atoms with van der Waals surface area (Å²) in [5, 5.41) is 28.7. The van der Waals surface area contributed by atoms with Crippen LogP contribution in [-0.2, 0) is 16.1 Å². The maximum atomic E-state index is 13.6. The van der Waals surface area contributed by atoms with Crippen LogP contribution in [0.25, 0.3) is 43.5 Å². The van der Waals surface area contributed by atoms with Crippen molar-refractivity contribution in [3.63, 3.8) is 0 Å². The smallest absolute Gasteiger partial charge is 0.355 e. The van der Waals surface area contributed by atoms with Crippen LogP contribution in [-0.4, -0.2) is 90.5 Å². The zero-order chi connectivity index (χ0) is 43.6. The molecule has 3 fully saturated rings. The number of hydrogen-bond acceptors (Lipinski definition) is 10. The number of pyridine rings is 2. The third-order valence-corrected chi connectivity index (χ3v) is 15.6. The minimum atomic E-state index is -1.14. The van der Waals surface area contributed by atoms with E-state index in [1.807, 2.05) is 73.5 Å². The molecule has 3 saturated carbocycles. The maximum absolute atomic E-state index is 13.6. The van der Waals surface area contributed by atoms with Crippen molar-refractivity contribution in [1.29, 1.82) is 0 Å². The molecule has 3 aliphatic rings. The fraction of sp³-hybridized carbons (Fsp3) is 0.438. The molecule has 14 heteroatoms. The lowest BCUT2D eigenvalue weighted by Crippen LogP contribution is -2.64. The number of nitrogens with one attached hydrogen (secondary N) is 1. The van der Waals surface area contributed by atoms with Gasteiger partial charge < -0.3 is 19.8 Å². The SMILES string of the molecule is CCC1(Cn2ncc(-c3ccc(-c4ccc5nccc(C(=O)Nc6nc7ccccc7s6)c5c4)nc3C(=O)O)c2C)CC2(C)CC3(C)CC(OCCN(C)CCC(=O)O)CC21C3. The highest BCUT2D eigenvalue weighted by Crippen LogP contribution is 2.84. The molecular formula is C48H53N7O6S. The van der Waals surface area contributed by atoms with Gasteiger partial charge >= 0.3 is 11.9 Å². The van der Waals surface area contributed by atoms with Crippen molar-refractivity contribution in [3.8, 4) is 22.4 Å². The van der Waals surface area contributed by atoms with E-state index >= 15 is 0 Å². The first-order valence-electron chi connectivity index (χ1n) is 21.5. The van der Waals surface area contributed by atoms with E-state index in [1.54, 1.807) is 18.5 Å². The van der Waals surface area contributed by atoms with Crippen LogP contribution >= 0.6 is 11.3 Å². The Balaban J connectivity index is 0.960. The third-order valence-electron chi connectivity index (χ3n) is 14.7. The van der Waals surface area contributed by atoms with Crippen LogP contribution in [0.2, 0.25) is 0 Å². The van der Waals surface area contributed by atoms with E-state index in [1.165, 1.54) is 17.8 Å². The molecule has 62 heavy (non-hydrogen) atoms. The van der Waals surface area contributed by atoms with Gasteiger partial charge in [0.25, 0.3) is 5.91 Å². The first kappa shape index (κ1) is 41.8. The van der Waals surface area contributed by atoms with Crippen molar-refractivity contribution >= 4 is 55.4 Å². The average Bonchev–Trinajstić information content (AvgIpc) is 3.86. The Morgan fingerprint density at radius 3 is 2.56 bits per heavy atom. The number of thiazole rings is 1. The number of aromatic nitrogens is 5. The number of carboxylic acids is 2. The number of hydrogen-bond donors (Lipinski definition) is 3. The quantitative estimate of drug-likeness (QED) is 0.0899. The van der Waals surface area contributed by atoms with Gasteiger partial charge in [-0.05, 0) is 117 Å². The Hall–Kier alpha value is -5.57. The molecule has 2 aromatic carbocycles. The number of para-hydroxylation sites is 1. The second-order valence-corrected chi connectivity index (χ2v) is 19.7. The van der Waals surface area contributed by atoms with Crippen LogP contribution in [0.15, 0.2) is 73.1 Å². The van der Waals surface area contributed by atoms with Gasteiger partial charge in [-0.25, -0.2) is 14.8 Å². The summed E-state index contributed by atoms with van der Waals surface area (Å²) in [5.41, 5.74) is 5.50. The summed E-state index contributed by atoms with van der Waals surface area (Å²) in [6.07, 6.45) is 10.1. The molecule has 9 rings (SSSR count). The number of ether oxygens (including phenoxy) is 1. The number of carbonyl (C=O) groups is 3. The van der Waals surface area contributed by atoms with Gasteiger partial charge in [-0.2, -0.15) is 5.10 Å². The maximum Gasteiger partial charge on any atom is 0.355 e. The molecule has 5 unspecified atom stereocenters. The fourth-order valence-electron chi connectivity index (χ4n) is 12.1. The van der Waals surface area contributed by atoms with Crippen molar-refractivity contribution < 1.29 is 29.3 Å². The average molecular weight is 856 g/mol. The molecule has 2 bridgehead atoms. The number of benzene rings is 2. The molecule has 5 atom stereocenters. The van der Waals surface area contributed by atoms with E-state index in [0.29, 0.717) is 58.1 Å². The Morgan fingerprint density at radius 2 is 1.79 bits per heavy atom. The third kappa shape index (κ3) is 7.15. The van der Waals surface area contributed by atoms with Crippen molar-refractivity contribution in [1.82, 2.24) is 29.6 Å². The molecule has 4 aromatic heterocycles. The topological polar surface area (TPSA) is 173 Å². The van der Waals surface area contributed by atoms with Gasteiger partial charge in [-0.3, -0.25) is 24.6 Å². The molecule has 6 aromatic rings. The van der Waals surface area contributed by atoms with Crippen molar-refractivity contribution in [3.05, 3.63) is 90.0 Å². The zero-order valence-corrected chi connectivity index (χ0v) is 36.7. The van der Waals surface area contributed by atoms with Gasteiger partial charge in [0.2, 0.25) is 0 Å². The van der Waals surface area contributed by atoms with Crippen molar-refractivity contribution in [2.45, 2.75) is 85.3 Å². The van der Waals surface area contributed by atoms with Crippen LogP contribution in [0.5, 0.6) is 0 Å². The molecular weight excluding hydrogens is 803 g/mol. The highest BCUT2D eigenvalue weighted by Gasteiger charge is 2.77. The summed E-state index contributed by atoms with van der Waals surface area (Å²) in [4.78, 5) is 53.4. The van der Waals surface area contributed by atoms with E-state index in [-0.39, 0.29) is 45.8 Å². The molecule has 0 aliphatic heterocycles. The molecule has 3 N–H and O–H groups in total. The number of amides is 1. The van der Waals surface area contributed by atoms with E-state index in [4.69, 9.17) is 19.9 Å². The summed E-state index contributed by atoms with van der Waals surface area (Å²) in [7, 11) is 1.94. The van der Waals surface area contributed by atoms with Crippen LogP contribution in [0, 0.1) is 28.6 Å². The van der Waals surface area contributed by atoms with Crippen molar-refractivity contribution in [2.75, 3.05) is 32.1 Å². The van der Waals surface area contributed by atoms with Crippen LogP contribution in [0.1, 0.15) is 92.3 Å². The van der Waals surface area contributed by atoms with E-state index in [9.17, 15) is 19.5 Å². The first-order chi connectivity index (χ1) is 29.6. The van der Waals surface area contributed by atoms with E-state index < -0.39 is 11.9 Å². The zero-order valence-electron chi connectivity index (χ0n) is 35.9. The number of carboxylic acid groups (broad SMARTS) is 2. The van der Waals surface area contributed by atoms with Gasteiger partial charge in [0.05, 0.1) is 52.3 Å². The lowest BCUT2D eigenvalue weighted by Gasteiger charge is -2.69. The molecule has 3 aliphatic carbocycles. The Labute approximate surface area is 364 Å². The van der Waals surface area contributed by atoms with Gasteiger partial charge in [0.1, 0.15) is 0 Å². The predicted octanol–water partition coefficient (Wildman–Crippen LogP) is 9.21. The molecule has 0 radical (unpaired) electrons. The summed E-state index contributed by atoms with van der Waals surface area (Å²) in [6, 6.07) is 18.5. The van der Waals surface area contributed by atoms with Gasteiger partial charge in [-0.1, -0.05) is 50.3 Å². The number of likely N-dealkylation sites (N-methyl/N-ethyl adjacent to an activating group) is 1. The highest BCUT2D eigenvalue weighted by atomic mass is 32.1. The van der Waals surface area contributed by atoms with Gasteiger partial charge in [0.15, 0.2) is 10.8 Å². The van der Waals surface area contributed by atoms with Gasteiger partial charge in [0, 0.05) is 53.6 Å². The molecule has 13 nitrogen and oxygen atoms in total. The number of rotatable bonds is 15. The monoisotopic (exact) mass is 855 g/mol.